The molecule has 2 atom stereocenters. The summed E-state index contributed by atoms with van der Waals surface area (Å²) >= 11 is 0. The van der Waals surface area contributed by atoms with E-state index in [2.05, 4.69) is 5.32 Å². The molecule has 5 nitrogen and oxygen atoms in total. The molecule has 0 aliphatic rings. The van der Waals surface area contributed by atoms with Crippen molar-refractivity contribution in [3.63, 3.8) is 0 Å². The quantitative estimate of drug-likeness (QED) is 0.682. The van der Waals surface area contributed by atoms with Crippen LogP contribution in [-0.4, -0.2) is 39.6 Å². The smallest absolute Gasteiger partial charge is 0.407 e. The standard InChI is InChI=1S/C15H23NO4S/c1-2-3-9-21(19)12-14(10-17)16-15(18)20-11-13-7-5-4-6-8-13/h4-8,14,17H,2-3,9-12H2,1H3,(H,16,18)/t14-,21?/m1/s1/i1D. The van der Waals surface area contributed by atoms with Crippen molar-refractivity contribution in [3.05, 3.63) is 35.9 Å². The molecule has 1 rings (SSSR count). The van der Waals surface area contributed by atoms with E-state index >= 15 is 0 Å². The van der Waals surface area contributed by atoms with Crippen molar-refractivity contribution in [2.75, 3.05) is 18.1 Å². The summed E-state index contributed by atoms with van der Waals surface area (Å²) in [5, 5.41) is 11.8. The molecule has 0 aromatic heterocycles. The lowest BCUT2D eigenvalue weighted by molar-refractivity contribution is 0.131. The predicted molar refractivity (Wildman–Crippen MR) is 83.4 cm³/mol. The third-order valence-electron chi connectivity index (χ3n) is 2.76. The van der Waals surface area contributed by atoms with Crippen LogP contribution in [0, 0.1) is 0 Å². The van der Waals surface area contributed by atoms with Crippen LogP contribution >= 0.6 is 0 Å². The monoisotopic (exact) mass is 314 g/mol. The zero-order valence-electron chi connectivity index (χ0n) is 13.0. The van der Waals surface area contributed by atoms with Gasteiger partial charge in [0.1, 0.15) is 6.61 Å². The fourth-order valence-electron chi connectivity index (χ4n) is 1.64. The highest BCUT2D eigenvalue weighted by Gasteiger charge is 2.15. The lowest BCUT2D eigenvalue weighted by Gasteiger charge is -2.15. The van der Waals surface area contributed by atoms with Gasteiger partial charge in [0.05, 0.1) is 12.6 Å². The molecule has 0 spiro atoms. The Kier molecular flexibility index (Phi) is 7.87. The summed E-state index contributed by atoms with van der Waals surface area (Å²) in [6, 6.07) is 8.69. The first kappa shape index (κ1) is 16.0. The summed E-state index contributed by atoms with van der Waals surface area (Å²) < 4.78 is 23.9. The van der Waals surface area contributed by atoms with Gasteiger partial charge in [-0.2, -0.15) is 0 Å². The molecule has 1 aromatic rings. The van der Waals surface area contributed by atoms with Crippen LogP contribution in [0.15, 0.2) is 30.3 Å². The number of rotatable bonds is 9. The van der Waals surface area contributed by atoms with Crippen molar-refractivity contribution in [1.29, 1.82) is 0 Å². The molecule has 0 bridgehead atoms. The minimum Gasteiger partial charge on any atom is -0.445 e. The largest absolute Gasteiger partial charge is 0.445 e. The Hall–Kier alpha value is -1.40. The molecule has 1 unspecified atom stereocenters. The number of unbranched alkanes of at least 4 members (excludes halogenated alkanes) is 1. The predicted octanol–water partition coefficient (Wildman–Crippen LogP) is 1.82. The van der Waals surface area contributed by atoms with E-state index in [9.17, 15) is 14.1 Å². The fourth-order valence-corrected chi connectivity index (χ4v) is 2.97. The van der Waals surface area contributed by atoms with Crippen molar-refractivity contribution in [2.45, 2.75) is 32.4 Å². The van der Waals surface area contributed by atoms with Gasteiger partial charge >= 0.3 is 6.09 Å². The maximum absolute atomic E-state index is 11.8. The fraction of sp³-hybridized carbons (Fsp3) is 0.533. The highest BCUT2D eigenvalue weighted by molar-refractivity contribution is 7.85. The van der Waals surface area contributed by atoms with E-state index in [0.29, 0.717) is 25.5 Å². The van der Waals surface area contributed by atoms with E-state index in [1.165, 1.54) is 0 Å². The van der Waals surface area contributed by atoms with Gasteiger partial charge in [-0.1, -0.05) is 43.7 Å². The van der Waals surface area contributed by atoms with E-state index in [4.69, 9.17) is 6.11 Å². The van der Waals surface area contributed by atoms with Crippen LogP contribution < -0.4 is 5.32 Å². The lowest BCUT2D eigenvalue weighted by Crippen LogP contribution is -2.41. The summed E-state index contributed by atoms with van der Waals surface area (Å²) in [5.41, 5.74) is 0.872. The Morgan fingerprint density at radius 1 is 1.48 bits per heavy atom. The summed E-state index contributed by atoms with van der Waals surface area (Å²) in [4.78, 5) is 11.7. The van der Waals surface area contributed by atoms with Crippen molar-refractivity contribution in [2.24, 2.45) is 0 Å². The summed E-state index contributed by atoms with van der Waals surface area (Å²) in [6.07, 6.45) is 0.792. The van der Waals surface area contributed by atoms with Crippen LogP contribution in [0.25, 0.3) is 0 Å². The third-order valence-corrected chi connectivity index (χ3v) is 4.28. The first-order valence-electron chi connectivity index (χ1n) is 7.58. The highest BCUT2D eigenvalue weighted by Crippen LogP contribution is 2.01. The average molecular weight is 314 g/mol. The molecule has 1 aromatic carbocycles. The molecule has 0 fully saturated rings. The second kappa shape index (κ2) is 10.3. The maximum atomic E-state index is 11.8. The second-order valence-corrected chi connectivity index (χ2v) is 6.22. The molecular formula is C15H23NO4S. The van der Waals surface area contributed by atoms with E-state index in [0.717, 1.165) is 5.56 Å². The van der Waals surface area contributed by atoms with Crippen LogP contribution in [0.5, 0.6) is 0 Å². The summed E-state index contributed by atoms with van der Waals surface area (Å²) in [5.74, 6) is 0.672. The number of alkyl carbamates (subject to hydrolysis) is 1. The Labute approximate surface area is 129 Å². The van der Waals surface area contributed by atoms with Gasteiger partial charge in [0.2, 0.25) is 0 Å². The Bertz CT molecular complexity index is 458. The summed E-state index contributed by atoms with van der Waals surface area (Å²) in [6.45, 7) is 0.187. The Morgan fingerprint density at radius 3 is 2.90 bits per heavy atom. The lowest BCUT2D eigenvalue weighted by atomic mass is 10.2. The SMILES string of the molecule is [2H]CCCCS(=O)C[C@@H](CO)NC(=O)OCc1ccccc1. The number of nitrogens with one attached hydrogen (secondary N) is 1. The van der Waals surface area contributed by atoms with Crippen molar-refractivity contribution >= 4 is 16.9 Å². The number of hydrogen-bond acceptors (Lipinski definition) is 4. The number of hydrogen-bond donors (Lipinski definition) is 2. The highest BCUT2D eigenvalue weighted by atomic mass is 32.2. The molecule has 0 aliphatic carbocycles. The second-order valence-electron chi connectivity index (χ2n) is 4.60. The Balaban J connectivity index is 2.29. The van der Waals surface area contributed by atoms with Gasteiger partial charge in [0, 0.05) is 23.7 Å². The minimum atomic E-state index is -1.12. The molecule has 0 radical (unpaired) electrons. The number of ether oxygens (including phenoxy) is 1. The van der Waals surface area contributed by atoms with Gasteiger partial charge in [0.15, 0.2) is 0 Å². The number of benzene rings is 1. The molecular weight excluding hydrogens is 290 g/mol. The maximum Gasteiger partial charge on any atom is 0.407 e. The number of aliphatic hydroxyl groups excluding tert-OH is 1. The molecule has 0 aliphatic heterocycles. The first-order valence-corrected chi connectivity index (χ1v) is 8.36. The molecule has 2 N–H and O–H groups in total. The van der Waals surface area contributed by atoms with Gasteiger partial charge < -0.3 is 15.2 Å². The zero-order valence-corrected chi connectivity index (χ0v) is 12.8. The number of aliphatic hydroxyl groups is 1. The topological polar surface area (TPSA) is 75.6 Å². The van der Waals surface area contributed by atoms with Crippen LogP contribution in [0.1, 0.15) is 26.7 Å². The third kappa shape index (κ3) is 7.82. The van der Waals surface area contributed by atoms with Crippen LogP contribution in [0.4, 0.5) is 4.79 Å². The minimum absolute atomic E-state index is 0.150. The molecule has 0 heterocycles. The molecule has 0 saturated heterocycles. The molecule has 118 valence electrons. The number of amides is 1. The molecule has 6 heteroatoms. The van der Waals surface area contributed by atoms with Gasteiger partial charge in [-0.25, -0.2) is 4.79 Å². The molecule has 0 saturated carbocycles. The number of carbonyl (C=O) groups excluding carboxylic acids is 1. The van der Waals surface area contributed by atoms with Gasteiger partial charge in [-0.3, -0.25) is 4.21 Å². The van der Waals surface area contributed by atoms with Crippen LogP contribution in [0.3, 0.4) is 0 Å². The van der Waals surface area contributed by atoms with E-state index in [-0.39, 0.29) is 19.0 Å². The van der Waals surface area contributed by atoms with Gasteiger partial charge in [-0.05, 0) is 12.0 Å². The molecule has 1 amide bonds. The average Bonchev–Trinajstić information content (AvgIpc) is 2.53. The van der Waals surface area contributed by atoms with Crippen LogP contribution in [-0.2, 0) is 22.1 Å². The zero-order chi connectivity index (χ0) is 16.2. The van der Waals surface area contributed by atoms with Crippen molar-refractivity contribution < 1.29 is 20.2 Å². The van der Waals surface area contributed by atoms with Crippen molar-refractivity contribution in [3.8, 4) is 0 Å². The van der Waals surface area contributed by atoms with E-state index in [1.54, 1.807) is 0 Å². The number of carbonyl (C=O) groups is 1. The van der Waals surface area contributed by atoms with E-state index in [1.807, 2.05) is 30.3 Å². The van der Waals surface area contributed by atoms with Gasteiger partial charge in [0.25, 0.3) is 0 Å². The normalized spacial score (nSPS) is 14.0. The van der Waals surface area contributed by atoms with E-state index < -0.39 is 22.9 Å². The first-order chi connectivity index (χ1) is 10.7. The summed E-state index contributed by atoms with van der Waals surface area (Å²) in [7, 11) is -1.12. The van der Waals surface area contributed by atoms with Crippen molar-refractivity contribution in [1.82, 2.24) is 5.32 Å². The van der Waals surface area contributed by atoms with Gasteiger partial charge in [-0.15, -0.1) is 0 Å². The van der Waals surface area contributed by atoms with Crippen LogP contribution in [0.2, 0.25) is 0 Å². The Morgan fingerprint density at radius 2 is 2.24 bits per heavy atom. The molecule has 21 heavy (non-hydrogen) atoms.